The van der Waals surface area contributed by atoms with Gasteiger partial charge in [0.25, 0.3) is 0 Å². The average molecular weight is 220 g/mol. The second-order valence-corrected chi connectivity index (χ2v) is 3.30. The van der Waals surface area contributed by atoms with E-state index in [0.29, 0.717) is 5.56 Å². The van der Waals surface area contributed by atoms with Crippen molar-refractivity contribution < 1.29 is 14.3 Å². The molecule has 82 valence electrons. The molecule has 1 aromatic carbocycles. The molecule has 1 N–H and O–H groups in total. The summed E-state index contributed by atoms with van der Waals surface area (Å²) in [6.07, 6.45) is 2.61. The molecule has 1 aromatic heterocycles. The van der Waals surface area contributed by atoms with Gasteiger partial charge < -0.3 is 9.67 Å². The predicted octanol–water partition coefficient (Wildman–Crippen LogP) is 1.77. The van der Waals surface area contributed by atoms with Gasteiger partial charge in [-0.1, -0.05) is 18.2 Å². The Hall–Kier alpha value is -2.17. The second-order valence-electron chi connectivity index (χ2n) is 3.30. The van der Waals surface area contributed by atoms with Gasteiger partial charge in [-0.25, -0.2) is 14.2 Å². The van der Waals surface area contributed by atoms with E-state index in [2.05, 4.69) is 4.98 Å². The van der Waals surface area contributed by atoms with Crippen molar-refractivity contribution in [3.05, 3.63) is 53.9 Å². The Balaban J connectivity index is 2.31. The fourth-order valence-corrected chi connectivity index (χ4v) is 1.43. The van der Waals surface area contributed by atoms with Crippen molar-refractivity contribution in [1.82, 2.24) is 9.55 Å². The maximum absolute atomic E-state index is 13.3. The predicted molar refractivity (Wildman–Crippen MR) is 54.7 cm³/mol. The highest BCUT2D eigenvalue weighted by atomic mass is 19.1. The summed E-state index contributed by atoms with van der Waals surface area (Å²) in [5, 5.41) is 8.85. The van der Waals surface area contributed by atoms with Crippen LogP contribution in [0.1, 0.15) is 16.1 Å². The first-order valence-electron chi connectivity index (χ1n) is 4.65. The van der Waals surface area contributed by atoms with Gasteiger partial charge in [-0.05, 0) is 6.07 Å². The molecule has 0 saturated carbocycles. The van der Waals surface area contributed by atoms with Gasteiger partial charge in [0.1, 0.15) is 11.5 Å². The lowest BCUT2D eigenvalue weighted by Crippen LogP contribution is -2.09. The molecule has 0 radical (unpaired) electrons. The summed E-state index contributed by atoms with van der Waals surface area (Å²) in [5.74, 6) is -1.43. The molecule has 0 saturated heterocycles. The zero-order valence-corrected chi connectivity index (χ0v) is 8.30. The smallest absolute Gasteiger partial charge is 0.354 e. The third-order valence-electron chi connectivity index (χ3n) is 2.23. The zero-order valence-electron chi connectivity index (χ0n) is 8.30. The lowest BCUT2D eigenvalue weighted by Gasteiger charge is -2.05. The Morgan fingerprint density at radius 3 is 2.88 bits per heavy atom. The maximum atomic E-state index is 13.3. The Bertz CT molecular complexity index is 522. The van der Waals surface area contributed by atoms with Crippen LogP contribution in [0.3, 0.4) is 0 Å². The molecular weight excluding hydrogens is 211 g/mol. The first-order valence-corrected chi connectivity index (χ1v) is 4.65. The molecule has 4 nitrogen and oxygen atoms in total. The Morgan fingerprint density at radius 1 is 1.44 bits per heavy atom. The van der Waals surface area contributed by atoms with Gasteiger partial charge in [0, 0.05) is 5.56 Å². The van der Waals surface area contributed by atoms with Gasteiger partial charge in [-0.3, -0.25) is 0 Å². The number of hydrogen-bond acceptors (Lipinski definition) is 2. The summed E-state index contributed by atoms with van der Waals surface area (Å²) in [6, 6.07) is 6.24. The van der Waals surface area contributed by atoms with Gasteiger partial charge in [0.15, 0.2) is 0 Å². The van der Waals surface area contributed by atoms with Crippen LogP contribution in [0.25, 0.3) is 0 Å². The summed E-state index contributed by atoms with van der Waals surface area (Å²) < 4.78 is 14.7. The van der Waals surface area contributed by atoms with Crippen molar-refractivity contribution >= 4 is 5.97 Å². The normalized spacial score (nSPS) is 10.3. The Labute approximate surface area is 91.0 Å². The molecular formula is C11H9FN2O2. The molecule has 0 amide bonds. The van der Waals surface area contributed by atoms with E-state index in [1.807, 2.05) is 0 Å². The topological polar surface area (TPSA) is 55.1 Å². The SMILES string of the molecule is O=C(O)c1cncn1Cc1ccccc1F. The van der Waals surface area contributed by atoms with E-state index in [4.69, 9.17) is 5.11 Å². The van der Waals surface area contributed by atoms with Crippen LogP contribution < -0.4 is 0 Å². The first kappa shape index (κ1) is 10.4. The van der Waals surface area contributed by atoms with E-state index in [1.54, 1.807) is 18.2 Å². The molecule has 0 atom stereocenters. The number of halogens is 1. The van der Waals surface area contributed by atoms with Crippen LogP contribution in [0, 0.1) is 5.82 Å². The van der Waals surface area contributed by atoms with E-state index in [9.17, 15) is 9.18 Å². The molecule has 16 heavy (non-hydrogen) atoms. The molecule has 0 fully saturated rings. The number of carboxylic acid groups (broad SMARTS) is 1. The molecule has 0 unspecified atom stereocenters. The highest BCUT2D eigenvalue weighted by Crippen LogP contribution is 2.10. The van der Waals surface area contributed by atoms with Crippen LogP contribution in [-0.2, 0) is 6.54 Å². The minimum absolute atomic E-state index is 0.0447. The van der Waals surface area contributed by atoms with E-state index >= 15 is 0 Å². The second kappa shape index (κ2) is 4.14. The van der Waals surface area contributed by atoms with Crippen LogP contribution in [0.2, 0.25) is 0 Å². The number of rotatable bonds is 3. The van der Waals surface area contributed by atoms with Gasteiger partial charge in [-0.2, -0.15) is 0 Å². The number of hydrogen-bond donors (Lipinski definition) is 1. The summed E-state index contributed by atoms with van der Waals surface area (Å²) in [4.78, 5) is 14.5. The third kappa shape index (κ3) is 1.93. The first-order chi connectivity index (χ1) is 7.68. The number of benzene rings is 1. The van der Waals surface area contributed by atoms with E-state index in [1.165, 1.54) is 23.2 Å². The zero-order chi connectivity index (χ0) is 11.5. The van der Waals surface area contributed by atoms with Crippen LogP contribution >= 0.6 is 0 Å². The summed E-state index contributed by atoms with van der Waals surface area (Å²) in [7, 11) is 0. The number of aromatic carboxylic acids is 1. The molecule has 0 spiro atoms. The lowest BCUT2D eigenvalue weighted by atomic mass is 10.2. The Kier molecular flexibility index (Phi) is 2.68. The van der Waals surface area contributed by atoms with Crippen LogP contribution in [-0.4, -0.2) is 20.6 Å². The standard InChI is InChI=1S/C11H9FN2O2/c12-9-4-2-1-3-8(9)6-14-7-13-5-10(14)11(15)16/h1-5,7H,6H2,(H,15,16). The van der Waals surface area contributed by atoms with Crippen LogP contribution in [0.5, 0.6) is 0 Å². The van der Waals surface area contributed by atoms with Gasteiger partial charge in [-0.15, -0.1) is 0 Å². The van der Waals surface area contributed by atoms with Crippen LogP contribution in [0.15, 0.2) is 36.8 Å². The molecule has 5 heteroatoms. The van der Waals surface area contributed by atoms with E-state index < -0.39 is 5.97 Å². The fraction of sp³-hybridized carbons (Fsp3) is 0.0909. The van der Waals surface area contributed by atoms with Crippen molar-refractivity contribution in [1.29, 1.82) is 0 Å². The van der Waals surface area contributed by atoms with Crippen LogP contribution in [0.4, 0.5) is 4.39 Å². The molecule has 0 bridgehead atoms. The van der Waals surface area contributed by atoms with Gasteiger partial charge >= 0.3 is 5.97 Å². The van der Waals surface area contributed by atoms with Gasteiger partial charge in [0.05, 0.1) is 19.1 Å². The quantitative estimate of drug-likeness (QED) is 0.857. The molecule has 2 aromatic rings. The number of nitrogens with zero attached hydrogens (tertiary/aromatic N) is 2. The number of carbonyl (C=O) groups is 1. The van der Waals surface area contributed by atoms with E-state index in [-0.39, 0.29) is 18.1 Å². The fourth-order valence-electron chi connectivity index (χ4n) is 1.43. The van der Waals surface area contributed by atoms with Crippen molar-refractivity contribution in [2.75, 3.05) is 0 Å². The average Bonchev–Trinajstić information content (AvgIpc) is 2.69. The summed E-state index contributed by atoms with van der Waals surface area (Å²) in [6.45, 7) is 0.161. The minimum atomic E-state index is -1.08. The number of imidazole rings is 1. The molecule has 2 rings (SSSR count). The largest absolute Gasteiger partial charge is 0.477 e. The van der Waals surface area contributed by atoms with Crippen molar-refractivity contribution in [3.8, 4) is 0 Å². The molecule has 1 heterocycles. The molecule has 0 aliphatic rings. The van der Waals surface area contributed by atoms with E-state index in [0.717, 1.165) is 0 Å². The van der Waals surface area contributed by atoms with Crippen molar-refractivity contribution in [2.45, 2.75) is 6.54 Å². The highest BCUT2D eigenvalue weighted by Gasteiger charge is 2.11. The minimum Gasteiger partial charge on any atom is -0.477 e. The highest BCUT2D eigenvalue weighted by molar-refractivity contribution is 5.85. The summed E-state index contributed by atoms with van der Waals surface area (Å²) in [5.41, 5.74) is 0.478. The summed E-state index contributed by atoms with van der Waals surface area (Å²) >= 11 is 0. The van der Waals surface area contributed by atoms with Crippen molar-refractivity contribution in [3.63, 3.8) is 0 Å². The number of carboxylic acids is 1. The molecule has 0 aliphatic heterocycles. The maximum Gasteiger partial charge on any atom is 0.354 e. The van der Waals surface area contributed by atoms with Crippen molar-refractivity contribution in [2.24, 2.45) is 0 Å². The van der Waals surface area contributed by atoms with Gasteiger partial charge in [0.2, 0.25) is 0 Å². The molecule has 0 aliphatic carbocycles. The monoisotopic (exact) mass is 220 g/mol. The number of aromatic nitrogens is 2. The lowest BCUT2D eigenvalue weighted by molar-refractivity contribution is 0.0685. The Morgan fingerprint density at radius 2 is 2.19 bits per heavy atom. The third-order valence-corrected chi connectivity index (χ3v) is 2.23.